The molecule has 0 aliphatic carbocycles. The van der Waals surface area contributed by atoms with Gasteiger partial charge in [-0.15, -0.1) is 0 Å². The Morgan fingerprint density at radius 3 is 2.32 bits per heavy atom. The maximum Gasteiger partial charge on any atom is 0.260 e. The Balaban J connectivity index is 2.55. The number of ketones is 1. The van der Waals surface area contributed by atoms with Crippen molar-refractivity contribution in [3.8, 4) is 5.75 Å². The lowest BCUT2D eigenvalue weighted by Gasteiger charge is -2.24. The summed E-state index contributed by atoms with van der Waals surface area (Å²) in [6.07, 6.45) is 0. The first-order chi connectivity index (χ1) is 10.4. The van der Waals surface area contributed by atoms with Gasteiger partial charge in [-0.05, 0) is 37.1 Å². The maximum atomic E-state index is 12.2. The second kappa shape index (κ2) is 9.20. The van der Waals surface area contributed by atoms with Crippen molar-refractivity contribution < 1.29 is 19.1 Å². The third-order valence-corrected chi connectivity index (χ3v) is 3.13. The van der Waals surface area contributed by atoms with Gasteiger partial charge in [-0.2, -0.15) is 0 Å². The van der Waals surface area contributed by atoms with E-state index in [1.54, 1.807) is 36.3 Å². The Morgan fingerprint density at radius 2 is 1.82 bits per heavy atom. The lowest BCUT2D eigenvalue weighted by atomic mass is 10.1. The number of Topliss-reactive ketones (excluding diaryl/α,β-unsaturated/α-hetero) is 1. The number of rotatable bonds is 9. The largest absolute Gasteiger partial charge is 0.484 e. The summed E-state index contributed by atoms with van der Waals surface area (Å²) in [6.45, 7) is 7.36. The van der Waals surface area contributed by atoms with Crippen LogP contribution in [0.4, 0.5) is 0 Å². The second-order valence-corrected chi connectivity index (χ2v) is 5.60. The number of hydrogen-bond donors (Lipinski definition) is 0. The molecule has 5 heteroatoms. The SMILES string of the molecule is COCCN(CC(C)C)C(=O)COc1ccc(C(C)=O)cc1. The van der Waals surface area contributed by atoms with Crippen molar-refractivity contribution in [1.82, 2.24) is 4.90 Å². The number of hydrogen-bond acceptors (Lipinski definition) is 4. The summed E-state index contributed by atoms with van der Waals surface area (Å²) in [5.74, 6) is 0.900. The quantitative estimate of drug-likeness (QED) is 0.657. The first kappa shape index (κ1) is 18.2. The standard InChI is InChI=1S/C17H25NO4/c1-13(2)11-18(9-10-21-4)17(20)12-22-16-7-5-15(6-8-16)14(3)19/h5-8,13H,9-12H2,1-4H3. The first-order valence-corrected chi connectivity index (χ1v) is 7.44. The van der Waals surface area contributed by atoms with Gasteiger partial charge in [0.1, 0.15) is 5.75 Å². The predicted molar refractivity (Wildman–Crippen MR) is 85.2 cm³/mol. The molecule has 0 aromatic heterocycles. The predicted octanol–water partition coefficient (Wildman–Crippen LogP) is 2.40. The number of nitrogens with zero attached hydrogens (tertiary/aromatic N) is 1. The van der Waals surface area contributed by atoms with Crippen LogP contribution in [0.15, 0.2) is 24.3 Å². The second-order valence-electron chi connectivity index (χ2n) is 5.60. The van der Waals surface area contributed by atoms with E-state index in [0.29, 0.717) is 36.9 Å². The molecule has 0 aliphatic heterocycles. The van der Waals surface area contributed by atoms with Crippen molar-refractivity contribution in [2.45, 2.75) is 20.8 Å². The summed E-state index contributed by atoms with van der Waals surface area (Å²) in [5, 5.41) is 0. The van der Waals surface area contributed by atoms with Crippen LogP contribution in [-0.2, 0) is 9.53 Å². The zero-order chi connectivity index (χ0) is 16.5. The zero-order valence-corrected chi connectivity index (χ0v) is 13.8. The van der Waals surface area contributed by atoms with E-state index < -0.39 is 0 Å². The van der Waals surface area contributed by atoms with Crippen LogP contribution in [0, 0.1) is 5.92 Å². The highest BCUT2D eigenvalue weighted by atomic mass is 16.5. The highest BCUT2D eigenvalue weighted by Crippen LogP contribution is 2.13. The topological polar surface area (TPSA) is 55.8 Å². The Bertz CT molecular complexity index is 482. The molecule has 0 fully saturated rings. The van der Waals surface area contributed by atoms with Crippen molar-refractivity contribution in [3.63, 3.8) is 0 Å². The number of methoxy groups -OCH3 is 1. The minimum atomic E-state index is -0.0682. The fourth-order valence-corrected chi connectivity index (χ4v) is 1.98. The van der Waals surface area contributed by atoms with Crippen molar-refractivity contribution in [1.29, 1.82) is 0 Å². The van der Waals surface area contributed by atoms with Crippen molar-refractivity contribution in [2.75, 3.05) is 33.4 Å². The van der Waals surface area contributed by atoms with Gasteiger partial charge < -0.3 is 14.4 Å². The van der Waals surface area contributed by atoms with E-state index in [-0.39, 0.29) is 18.3 Å². The highest BCUT2D eigenvalue weighted by molar-refractivity contribution is 5.94. The summed E-state index contributed by atoms with van der Waals surface area (Å²) < 4.78 is 10.5. The molecule has 0 N–H and O–H groups in total. The molecule has 1 aromatic rings. The normalized spacial score (nSPS) is 10.6. The number of amides is 1. The van der Waals surface area contributed by atoms with Crippen molar-refractivity contribution >= 4 is 11.7 Å². The van der Waals surface area contributed by atoms with Crippen LogP contribution in [-0.4, -0.2) is 50.0 Å². The molecule has 5 nitrogen and oxygen atoms in total. The minimum Gasteiger partial charge on any atom is -0.484 e. The molecule has 0 heterocycles. The minimum absolute atomic E-state index is 0.00491. The molecule has 0 aliphatic rings. The summed E-state index contributed by atoms with van der Waals surface area (Å²) in [6, 6.07) is 6.79. The smallest absolute Gasteiger partial charge is 0.260 e. The summed E-state index contributed by atoms with van der Waals surface area (Å²) in [5.41, 5.74) is 0.625. The van der Waals surface area contributed by atoms with Crippen LogP contribution in [0.2, 0.25) is 0 Å². The molecule has 1 aromatic carbocycles. The van der Waals surface area contributed by atoms with Crippen LogP contribution in [0.1, 0.15) is 31.1 Å². The summed E-state index contributed by atoms with van der Waals surface area (Å²) in [4.78, 5) is 25.2. The van der Waals surface area contributed by atoms with Gasteiger partial charge in [-0.1, -0.05) is 13.8 Å². The average molecular weight is 307 g/mol. The van der Waals surface area contributed by atoms with E-state index in [1.165, 1.54) is 6.92 Å². The van der Waals surface area contributed by atoms with Crippen LogP contribution in [0.5, 0.6) is 5.75 Å². The fourth-order valence-electron chi connectivity index (χ4n) is 1.98. The van der Waals surface area contributed by atoms with Gasteiger partial charge in [0, 0.05) is 25.8 Å². The van der Waals surface area contributed by atoms with E-state index in [4.69, 9.17) is 9.47 Å². The molecule has 1 rings (SSSR count). The van der Waals surface area contributed by atoms with Crippen molar-refractivity contribution in [3.05, 3.63) is 29.8 Å². The van der Waals surface area contributed by atoms with Gasteiger partial charge in [0.25, 0.3) is 5.91 Å². The Morgan fingerprint density at radius 1 is 1.18 bits per heavy atom. The number of benzene rings is 1. The van der Waals surface area contributed by atoms with Crippen molar-refractivity contribution in [2.24, 2.45) is 5.92 Å². The monoisotopic (exact) mass is 307 g/mol. The molecule has 122 valence electrons. The van der Waals surface area contributed by atoms with E-state index in [9.17, 15) is 9.59 Å². The van der Waals surface area contributed by atoms with Gasteiger partial charge in [0.05, 0.1) is 6.61 Å². The summed E-state index contributed by atoms with van der Waals surface area (Å²) >= 11 is 0. The van der Waals surface area contributed by atoms with E-state index in [2.05, 4.69) is 13.8 Å². The summed E-state index contributed by atoms with van der Waals surface area (Å²) in [7, 11) is 1.62. The first-order valence-electron chi connectivity index (χ1n) is 7.44. The maximum absolute atomic E-state index is 12.2. The Kier molecular flexibility index (Phi) is 7.60. The van der Waals surface area contributed by atoms with Crippen LogP contribution in [0.3, 0.4) is 0 Å². The lowest BCUT2D eigenvalue weighted by Crippen LogP contribution is -2.39. The molecular formula is C17H25NO4. The Hall–Kier alpha value is -1.88. The van der Waals surface area contributed by atoms with Gasteiger partial charge in [-0.3, -0.25) is 9.59 Å². The van der Waals surface area contributed by atoms with E-state index in [1.807, 2.05) is 0 Å². The fraction of sp³-hybridized carbons (Fsp3) is 0.529. The molecule has 0 saturated carbocycles. The molecule has 1 amide bonds. The molecule has 0 radical (unpaired) electrons. The Labute approximate surface area is 132 Å². The van der Waals surface area contributed by atoms with Gasteiger partial charge in [0.2, 0.25) is 0 Å². The molecule has 0 unspecified atom stereocenters. The molecule has 0 bridgehead atoms. The van der Waals surface area contributed by atoms with E-state index >= 15 is 0 Å². The molecule has 0 spiro atoms. The van der Waals surface area contributed by atoms with Crippen LogP contribution in [0.25, 0.3) is 0 Å². The highest BCUT2D eigenvalue weighted by Gasteiger charge is 2.15. The molecule has 22 heavy (non-hydrogen) atoms. The third kappa shape index (κ3) is 6.26. The van der Waals surface area contributed by atoms with Crippen LogP contribution < -0.4 is 4.74 Å². The zero-order valence-electron chi connectivity index (χ0n) is 13.8. The number of carbonyl (C=O) groups is 2. The van der Waals surface area contributed by atoms with Gasteiger partial charge in [-0.25, -0.2) is 0 Å². The lowest BCUT2D eigenvalue weighted by molar-refractivity contribution is -0.134. The number of carbonyl (C=O) groups excluding carboxylic acids is 2. The van der Waals surface area contributed by atoms with Gasteiger partial charge in [0.15, 0.2) is 12.4 Å². The van der Waals surface area contributed by atoms with E-state index in [0.717, 1.165) is 0 Å². The number of ether oxygens (including phenoxy) is 2. The van der Waals surface area contributed by atoms with Crippen LogP contribution >= 0.6 is 0 Å². The average Bonchev–Trinajstić information content (AvgIpc) is 2.49. The molecular weight excluding hydrogens is 282 g/mol. The molecule has 0 atom stereocenters. The third-order valence-electron chi connectivity index (χ3n) is 3.13. The van der Waals surface area contributed by atoms with Gasteiger partial charge >= 0.3 is 0 Å². The molecule has 0 saturated heterocycles.